The largest absolute Gasteiger partial charge is 0.385 e. The van der Waals surface area contributed by atoms with Gasteiger partial charge in [-0.3, -0.25) is 4.79 Å². The van der Waals surface area contributed by atoms with Gasteiger partial charge >= 0.3 is 0 Å². The molecule has 0 heterocycles. The Morgan fingerprint density at radius 3 is 2.82 bits per heavy atom. The van der Waals surface area contributed by atoms with Crippen molar-refractivity contribution in [3.8, 4) is 0 Å². The van der Waals surface area contributed by atoms with Gasteiger partial charge in [-0.1, -0.05) is 19.8 Å². The maximum absolute atomic E-state index is 11.9. The second-order valence-electron chi connectivity index (χ2n) is 5.12. The van der Waals surface area contributed by atoms with Crippen LogP contribution in [0.15, 0.2) is 0 Å². The smallest absolute Gasteiger partial charge is 0.237 e. The van der Waals surface area contributed by atoms with Crippen molar-refractivity contribution in [3.05, 3.63) is 0 Å². The van der Waals surface area contributed by atoms with Gasteiger partial charge in [0, 0.05) is 19.8 Å². The molecule has 0 aromatic carbocycles. The number of carbonyl (C=O) groups excluding carboxylic acids is 1. The van der Waals surface area contributed by atoms with Crippen LogP contribution in [0.3, 0.4) is 0 Å². The van der Waals surface area contributed by atoms with Crippen LogP contribution in [0.2, 0.25) is 0 Å². The second kappa shape index (κ2) is 7.67. The van der Waals surface area contributed by atoms with Gasteiger partial charge in [-0.25, -0.2) is 0 Å². The van der Waals surface area contributed by atoms with Gasteiger partial charge in [-0.15, -0.1) is 0 Å². The molecular weight excluding hydrogens is 216 g/mol. The topological polar surface area (TPSA) is 64.3 Å². The van der Waals surface area contributed by atoms with E-state index >= 15 is 0 Å². The summed E-state index contributed by atoms with van der Waals surface area (Å²) in [4.78, 5) is 11.9. The molecule has 3 unspecified atom stereocenters. The molecule has 3 N–H and O–H groups in total. The predicted molar refractivity (Wildman–Crippen MR) is 68.6 cm³/mol. The van der Waals surface area contributed by atoms with Crippen LogP contribution in [0.25, 0.3) is 0 Å². The summed E-state index contributed by atoms with van der Waals surface area (Å²) in [6, 6.07) is -0.0657. The Balaban J connectivity index is 2.26. The Hall–Kier alpha value is -0.610. The summed E-state index contributed by atoms with van der Waals surface area (Å²) in [5.74, 6) is 0.582. The zero-order chi connectivity index (χ0) is 12.7. The summed E-state index contributed by atoms with van der Waals surface area (Å²) in [6.45, 7) is 2.88. The number of ether oxygens (including phenoxy) is 1. The number of hydrogen-bond acceptors (Lipinski definition) is 3. The molecule has 3 atom stereocenters. The lowest BCUT2D eigenvalue weighted by Gasteiger charge is -2.30. The fraction of sp³-hybridized carbons (Fsp3) is 0.923. The first-order valence-electron chi connectivity index (χ1n) is 6.70. The maximum atomic E-state index is 11.9. The van der Waals surface area contributed by atoms with Gasteiger partial charge in [0.2, 0.25) is 5.91 Å². The van der Waals surface area contributed by atoms with E-state index in [4.69, 9.17) is 10.5 Å². The zero-order valence-electron chi connectivity index (χ0n) is 11.1. The van der Waals surface area contributed by atoms with Crippen molar-refractivity contribution < 1.29 is 9.53 Å². The van der Waals surface area contributed by atoms with Crippen LogP contribution in [-0.4, -0.2) is 31.7 Å². The summed E-state index contributed by atoms with van der Waals surface area (Å²) < 4.78 is 4.95. The van der Waals surface area contributed by atoms with Crippen molar-refractivity contribution in [1.82, 2.24) is 5.32 Å². The molecule has 0 aliphatic heterocycles. The van der Waals surface area contributed by atoms with Crippen LogP contribution in [0.4, 0.5) is 0 Å². The van der Waals surface area contributed by atoms with Gasteiger partial charge in [0.1, 0.15) is 0 Å². The van der Waals surface area contributed by atoms with E-state index < -0.39 is 0 Å². The lowest BCUT2D eigenvalue weighted by molar-refractivity contribution is -0.123. The third kappa shape index (κ3) is 5.04. The van der Waals surface area contributed by atoms with Gasteiger partial charge in [0.15, 0.2) is 0 Å². The van der Waals surface area contributed by atoms with E-state index in [-0.39, 0.29) is 11.9 Å². The van der Waals surface area contributed by atoms with Crippen LogP contribution in [0.1, 0.15) is 45.4 Å². The number of amides is 1. The molecule has 4 heteroatoms. The fourth-order valence-electron chi connectivity index (χ4n) is 2.40. The van der Waals surface area contributed by atoms with Gasteiger partial charge in [0.05, 0.1) is 6.04 Å². The molecule has 0 radical (unpaired) electrons. The molecule has 17 heavy (non-hydrogen) atoms. The summed E-state index contributed by atoms with van der Waals surface area (Å²) in [7, 11) is 1.66. The number of methoxy groups -OCH3 is 1. The van der Waals surface area contributed by atoms with Crippen molar-refractivity contribution in [1.29, 1.82) is 0 Å². The van der Waals surface area contributed by atoms with E-state index in [1.807, 2.05) is 0 Å². The van der Waals surface area contributed by atoms with E-state index in [0.717, 1.165) is 12.8 Å². The number of hydrogen-bond donors (Lipinski definition) is 2. The van der Waals surface area contributed by atoms with Crippen molar-refractivity contribution in [2.45, 2.75) is 57.5 Å². The standard InChI is InChI=1S/C13H26N2O2/c1-10-6-3-4-8-12(10)15-13(16)11(14)7-5-9-17-2/h10-12H,3-9,14H2,1-2H3,(H,15,16). The molecule has 100 valence electrons. The molecule has 0 bridgehead atoms. The molecule has 1 rings (SSSR count). The Bertz CT molecular complexity index is 233. The Kier molecular flexibility index (Phi) is 6.52. The Morgan fingerprint density at radius 1 is 1.47 bits per heavy atom. The summed E-state index contributed by atoms with van der Waals surface area (Å²) in [6.07, 6.45) is 6.34. The van der Waals surface area contributed by atoms with Crippen LogP contribution < -0.4 is 11.1 Å². The van der Waals surface area contributed by atoms with Gasteiger partial charge in [-0.05, 0) is 31.6 Å². The van der Waals surface area contributed by atoms with Crippen LogP contribution in [0, 0.1) is 5.92 Å². The average Bonchev–Trinajstić information content (AvgIpc) is 2.32. The van der Waals surface area contributed by atoms with Crippen LogP contribution in [-0.2, 0) is 9.53 Å². The molecular formula is C13H26N2O2. The molecule has 1 aliphatic rings. The van der Waals surface area contributed by atoms with Gasteiger partial charge < -0.3 is 15.8 Å². The van der Waals surface area contributed by atoms with Gasteiger partial charge in [0.25, 0.3) is 0 Å². The molecule has 1 fully saturated rings. The number of carbonyl (C=O) groups is 1. The fourth-order valence-corrected chi connectivity index (χ4v) is 2.40. The van der Waals surface area contributed by atoms with Gasteiger partial charge in [-0.2, -0.15) is 0 Å². The van der Waals surface area contributed by atoms with Crippen molar-refractivity contribution in [3.63, 3.8) is 0 Å². The first kappa shape index (κ1) is 14.5. The van der Waals surface area contributed by atoms with E-state index in [2.05, 4.69) is 12.2 Å². The number of nitrogens with one attached hydrogen (secondary N) is 1. The first-order chi connectivity index (χ1) is 8.15. The minimum atomic E-state index is -0.390. The molecule has 0 saturated heterocycles. The van der Waals surface area contributed by atoms with E-state index in [0.29, 0.717) is 25.0 Å². The van der Waals surface area contributed by atoms with Crippen molar-refractivity contribution in [2.24, 2.45) is 11.7 Å². The highest BCUT2D eigenvalue weighted by Crippen LogP contribution is 2.23. The quantitative estimate of drug-likeness (QED) is 0.693. The molecule has 1 saturated carbocycles. The predicted octanol–water partition coefficient (Wildman–Crippen LogP) is 1.44. The number of nitrogens with two attached hydrogens (primary N) is 1. The normalized spacial score (nSPS) is 26.5. The summed E-state index contributed by atoms with van der Waals surface area (Å²) in [5.41, 5.74) is 5.85. The minimum absolute atomic E-state index is 0.000136. The molecule has 0 spiro atoms. The molecule has 4 nitrogen and oxygen atoms in total. The third-order valence-corrected chi connectivity index (χ3v) is 3.64. The summed E-state index contributed by atoms with van der Waals surface area (Å²) >= 11 is 0. The highest BCUT2D eigenvalue weighted by molar-refractivity contribution is 5.81. The molecule has 0 aromatic rings. The van der Waals surface area contributed by atoms with Crippen molar-refractivity contribution >= 4 is 5.91 Å². The lowest BCUT2D eigenvalue weighted by atomic mass is 9.86. The SMILES string of the molecule is COCCCC(N)C(=O)NC1CCCCC1C. The summed E-state index contributed by atoms with van der Waals surface area (Å²) in [5, 5.41) is 3.09. The molecule has 1 aliphatic carbocycles. The lowest BCUT2D eigenvalue weighted by Crippen LogP contribution is -2.48. The van der Waals surface area contributed by atoms with E-state index in [1.54, 1.807) is 7.11 Å². The highest BCUT2D eigenvalue weighted by Gasteiger charge is 2.24. The Labute approximate surface area is 104 Å². The number of rotatable bonds is 6. The van der Waals surface area contributed by atoms with Crippen LogP contribution >= 0.6 is 0 Å². The van der Waals surface area contributed by atoms with E-state index in [9.17, 15) is 4.79 Å². The average molecular weight is 242 g/mol. The third-order valence-electron chi connectivity index (χ3n) is 3.64. The maximum Gasteiger partial charge on any atom is 0.237 e. The highest BCUT2D eigenvalue weighted by atomic mass is 16.5. The van der Waals surface area contributed by atoms with Crippen molar-refractivity contribution in [2.75, 3.05) is 13.7 Å². The Morgan fingerprint density at radius 2 is 2.18 bits per heavy atom. The van der Waals surface area contributed by atoms with Crippen LogP contribution in [0.5, 0.6) is 0 Å². The van der Waals surface area contributed by atoms with E-state index in [1.165, 1.54) is 19.3 Å². The second-order valence-corrected chi connectivity index (χ2v) is 5.12. The zero-order valence-corrected chi connectivity index (χ0v) is 11.1. The molecule has 0 aromatic heterocycles. The molecule has 1 amide bonds. The first-order valence-corrected chi connectivity index (χ1v) is 6.70. The minimum Gasteiger partial charge on any atom is -0.385 e. The monoisotopic (exact) mass is 242 g/mol.